The summed E-state index contributed by atoms with van der Waals surface area (Å²) in [7, 11) is 0. The first-order valence-corrected chi connectivity index (χ1v) is 14.0. The second-order valence-corrected chi connectivity index (χ2v) is 11.5. The molecule has 1 saturated carbocycles. The Morgan fingerprint density at radius 2 is 1.18 bits per heavy atom. The van der Waals surface area contributed by atoms with Gasteiger partial charge in [-0.15, -0.1) is 0 Å². The van der Waals surface area contributed by atoms with Crippen LogP contribution in [0.1, 0.15) is 56.6 Å². The molecule has 2 aromatic rings. The summed E-state index contributed by atoms with van der Waals surface area (Å²) in [5.41, 5.74) is 2.17. The molecule has 2 aliphatic heterocycles. The van der Waals surface area contributed by atoms with Crippen LogP contribution >= 0.6 is 23.2 Å². The fourth-order valence-corrected chi connectivity index (χ4v) is 6.45. The van der Waals surface area contributed by atoms with E-state index in [0.717, 1.165) is 5.56 Å². The monoisotopic (exact) mass is 560 g/mol. The molecule has 1 aliphatic carbocycles. The zero-order valence-corrected chi connectivity index (χ0v) is 23.5. The molecule has 5 rings (SSSR count). The van der Waals surface area contributed by atoms with Crippen molar-refractivity contribution >= 4 is 45.8 Å². The molecule has 3 aliphatic rings. The third-order valence-corrected chi connectivity index (χ3v) is 8.24. The smallest absolute Gasteiger partial charge is 0.316 e. The summed E-state index contributed by atoms with van der Waals surface area (Å²) in [4.78, 5) is 50.8. The van der Waals surface area contributed by atoms with Crippen molar-refractivity contribution in [1.82, 2.24) is 29.7 Å². The van der Waals surface area contributed by atoms with Crippen molar-refractivity contribution in [3.63, 3.8) is 0 Å². The molecule has 38 heavy (non-hydrogen) atoms. The van der Waals surface area contributed by atoms with Crippen molar-refractivity contribution in [1.29, 1.82) is 0 Å². The fourth-order valence-electron chi connectivity index (χ4n) is 5.84. The van der Waals surface area contributed by atoms with Crippen molar-refractivity contribution in [2.24, 2.45) is 0 Å². The van der Waals surface area contributed by atoms with Gasteiger partial charge in [-0.3, -0.25) is 9.59 Å². The predicted octanol–water partition coefficient (Wildman–Crippen LogP) is 4.41. The van der Waals surface area contributed by atoms with Crippen LogP contribution < -0.4 is 9.80 Å². The summed E-state index contributed by atoms with van der Waals surface area (Å²) in [6.45, 7) is 8.23. The molecule has 204 valence electrons. The highest BCUT2D eigenvalue weighted by atomic mass is 35.5. The lowest BCUT2D eigenvalue weighted by Crippen LogP contribution is -2.61. The number of carbonyl (C=O) groups excluding carboxylic acids is 2. The minimum Gasteiger partial charge on any atom is -0.337 e. The normalized spacial score (nSPS) is 26.0. The molecular formula is C26H34Cl2N8O2. The standard InChI is InChI=1S/C26H34Cl2N8O2/c1-16-8-29-25(30-9-16)33-12-17(2)35(23(27)37)21(14-33)6-7-22-15-34(13-18(3)36(22)24(28)38)26-31-10-20(11-32-26)19-4-5-19/h8-11,17-19,21-22H,4-7,12-15H2,1-3H3/t17-,18+,21+,22-/m0/s1. The third-order valence-electron chi connectivity index (χ3n) is 7.85. The summed E-state index contributed by atoms with van der Waals surface area (Å²) in [5.74, 6) is 1.90. The van der Waals surface area contributed by atoms with Crippen LogP contribution in [0.25, 0.3) is 0 Å². The van der Waals surface area contributed by atoms with Crippen LogP contribution in [0.2, 0.25) is 0 Å². The lowest BCUT2D eigenvalue weighted by atomic mass is 9.97. The van der Waals surface area contributed by atoms with E-state index in [2.05, 4.69) is 29.7 Å². The topological polar surface area (TPSA) is 98.7 Å². The Labute approximate surface area is 233 Å². The molecule has 10 nitrogen and oxygen atoms in total. The molecule has 0 spiro atoms. The number of halogens is 2. The van der Waals surface area contributed by atoms with E-state index in [1.165, 1.54) is 18.4 Å². The van der Waals surface area contributed by atoms with Crippen molar-refractivity contribution < 1.29 is 9.59 Å². The number of amides is 2. The molecule has 3 fully saturated rings. The lowest BCUT2D eigenvalue weighted by Gasteiger charge is -2.47. The maximum Gasteiger partial charge on any atom is 0.316 e. The Balaban J connectivity index is 1.32. The number of aryl methyl sites for hydroxylation is 1. The second kappa shape index (κ2) is 11.2. The van der Waals surface area contributed by atoms with Crippen LogP contribution in [0.15, 0.2) is 24.8 Å². The zero-order valence-electron chi connectivity index (χ0n) is 22.0. The first-order chi connectivity index (χ1) is 18.2. The van der Waals surface area contributed by atoms with Gasteiger partial charge in [0.25, 0.3) is 0 Å². The SMILES string of the molecule is Cc1cnc(N2C[C@@H](CC[C@H]3CN(c4ncc(C5CC5)cn4)C[C@@H](C)N3C(=O)Cl)N(C(=O)Cl)[C@@H](C)C2)nc1. The number of aromatic nitrogens is 4. The third kappa shape index (κ3) is 5.81. The number of nitrogens with zero attached hydrogens (tertiary/aromatic N) is 8. The second-order valence-electron chi connectivity index (χ2n) is 10.9. The van der Waals surface area contributed by atoms with Gasteiger partial charge in [0, 0.05) is 63.1 Å². The van der Waals surface area contributed by atoms with Crippen LogP contribution in [0, 0.1) is 6.92 Å². The fraction of sp³-hybridized carbons (Fsp3) is 0.615. The molecule has 0 aromatic carbocycles. The van der Waals surface area contributed by atoms with Gasteiger partial charge in [0.05, 0.1) is 12.1 Å². The van der Waals surface area contributed by atoms with Crippen molar-refractivity contribution in [3.8, 4) is 0 Å². The molecule has 0 bridgehead atoms. The minimum atomic E-state index is -0.472. The van der Waals surface area contributed by atoms with E-state index in [4.69, 9.17) is 23.2 Å². The maximum absolute atomic E-state index is 12.5. The minimum absolute atomic E-state index is 0.112. The van der Waals surface area contributed by atoms with Gasteiger partial charge >= 0.3 is 10.7 Å². The number of rotatable bonds is 6. The Morgan fingerprint density at radius 3 is 1.58 bits per heavy atom. The Bertz CT molecular complexity index is 1150. The summed E-state index contributed by atoms with van der Waals surface area (Å²) >= 11 is 12.1. The highest BCUT2D eigenvalue weighted by Gasteiger charge is 2.39. The van der Waals surface area contributed by atoms with Crippen LogP contribution in [-0.4, -0.2) is 90.8 Å². The van der Waals surface area contributed by atoms with E-state index in [-0.39, 0.29) is 24.2 Å². The molecular weight excluding hydrogens is 527 g/mol. The molecule has 0 radical (unpaired) electrons. The van der Waals surface area contributed by atoms with Gasteiger partial charge < -0.3 is 19.6 Å². The molecule has 0 N–H and O–H groups in total. The van der Waals surface area contributed by atoms with Gasteiger partial charge in [-0.1, -0.05) is 0 Å². The van der Waals surface area contributed by atoms with Gasteiger partial charge in [-0.25, -0.2) is 19.9 Å². The van der Waals surface area contributed by atoms with E-state index in [1.54, 1.807) is 22.2 Å². The summed E-state index contributed by atoms with van der Waals surface area (Å²) in [6.07, 6.45) is 11.1. The summed E-state index contributed by atoms with van der Waals surface area (Å²) in [5, 5.41) is -0.941. The average Bonchev–Trinajstić information content (AvgIpc) is 3.72. The molecule has 2 amide bonds. The van der Waals surface area contributed by atoms with Gasteiger partial charge in [0.1, 0.15) is 0 Å². The molecule has 4 heterocycles. The first kappa shape index (κ1) is 26.9. The van der Waals surface area contributed by atoms with Crippen molar-refractivity contribution in [3.05, 3.63) is 35.9 Å². The summed E-state index contributed by atoms with van der Waals surface area (Å²) < 4.78 is 0. The van der Waals surface area contributed by atoms with E-state index < -0.39 is 10.7 Å². The quantitative estimate of drug-likeness (QED) is 0.378. The van der Waals surface area contributed by atoms with Crippen molar-refractivity contribution in [2.75, 3.05) is 36.0 Å². The lowest BCUT2D eigenvalue weighted by molar-refractivity contribution is 0.123. The van der Waals surface area contributed by atoms with E-state index in [9.17, 15) is 9.59 Å². The highest BCUT2D eigenvalue weighted by molar-refractivity contribution is 6.63. The average molecular weight is 562 g/mol. The predicted molar refractivity (Wildman–Crippen MR) is 147 cm³/mol. The molecule has 2 aromatic heterocycles. The number of anilines is 2. The molecule has 2 saturated heterocycles. The van der Waals surface area contributed by atoms with Gasteiger partial charge in [-0.2, -0.15) is 0 Å². The molecule has 0 unspecified atom stereocenters. The number of piperazine rings is 2. The molecule has 12 heteroatoms. The first-order valence-electron chi connectivity index (χ1n) is 13.3. The Kier molecular flexibility index (Phi) is 7.90. The largest absolute Gasteiger partial charge is 0.337 e. The zero-order chi connectivity index (χ0) is 27.0. The highest BCUT2D eigenvalue weighted by Crippen LogP contribution is 2.39. The summed E-state index contributed by atoms with van der Waals surface area (Å²) in [6, 6.07) is -0.557. The van der Waals surface area contributed by atoms with Gasteiger partial charge in [0.15, 0.2) is 0 Å². The van der Waals surface area contributed by atoms with E-state index >= 15 is 0 Å². The van der Waals surface area contributed by atoms with E-state index in [1.807, 2.05) is 33.2 Å². The Hall–Kier alpha value is -2.72. The van der Waals surface area contributed by atoms with Gasteiger partial charge in [0.2, 0.25) is 11.9 Å². The van der Waals surface area contributed by atoms with Crippen LogP contribution in [0.5, 0.6) is 0 Å². The number of carbonyl (C=O) groups is 2. The van der Waals surface area contributed by atoms with Crippen LogP contribution in [-0.2, 0) is 0 Å². The Morgan fingerprint density at radius 1 is 0.763 bits per heavy atom. The number of hydrogen-bond acceptors (Lipinski definition) is 8. The molecule has 4 atom stereocenters. The maximum atomic E-state index is 12.5. The van der Waals surface area contributed by atoms with Gasteiger partial charge in [-0.05, 0) is 86.7 Å². The van der Waals surface area contributed by atoms with Crippen LogP contribution in [0.4, 0.5) is 21.5 Å². The van der Waals surface area contributed by atoms with Crippen LogP contribution in [0.3, 0.4) is 0 Å². The number of hydrogen-bond donors (Lipinski definition) is 0. The van der Waals surface area contributed by atoms with E-state index in [0.29, 0.717) is 56.8 Å². The van der Waals surface area contributed by atoms with Crippen molar-refractivity contribution in [2.45, 2.75) is 76.5 Å².